The van der Waals surface area contributed by atoms with Crippen molar-refractivity contribution in [3.8, 4) is 0 Å². The number of aryl methyl sites for hydroxylation is 1. The molecule has 0 radical (unpaired) electrons. The molecule has 6 heteroatoms. The fraction of sp³-hybridized carbons (Fsp3) is 0.538. The Morgan fingerprint density at radius 2 is 1.75 bits per heavy atom. The third-order valence-electron chi connectivity index (χ3n) is 5.42. The van der Waals surface area contributed by atoms with Crippen LogP contribution in [0.25, 0.3) is 0 Å². The number of benzene rings is 1. The summed E-state index contributed by atoms with van der Waals surface area (Å²) >= 11 is 0. The maximum atomic E-state index is 13.4. The van der Waals surface area contributed by atoms with E-state index in [9.17, 15) is 9.59 Å². The highest BCUT2D eigenvalue weighted by Gasteiger charge is 2.29. The quantitative estimate of drug-likeness (QED) is 0.400. The molecule has 0 spiro atoms. The van der Waals surface area contributed by atoms with Crippen LogP contribution in [0.4, 0.5) is 0 Å². The van der Waals surface area contributed by atoms with Gasteiger partial charge in [0.05, 0.1) is 19.7 Å². The maximum Gasteiger partial charge on any atom is 0.323 e. The lowest BCUT2D eigenvalue weighted by molar-refractivity contribution is -0.151. The van der Waals surface area contributed by atoms with Crippen LogP contribution >= 0.6 is 0 Å². The molecular formula is C26H38N2O4. The molecule has 32 heavy (non-hydrogen) atoms. The second-order valence-corrected chi connectivity index (χ2v) is 8.09. The summed E-state index contributed by atoms with van der Waals surface area (Å²) in [7, 11) is 0. The lowest BCUT2D eigenvalue weighted by Crippen LogP contribution is -2.48. The minimum Gasteiger partial charge on any atom is -0.465 e. The first kappa shape index (κ1) is 25.7. The molecule has 176 valence electrons. The molecule has 6 nitrogen and oxygen atoms in total. The van der Waals surface area contributed by atoms with Crippen LogP contribution in [0.1, 0.15) is 57.1 Å². The highest BCUT2D eigenvalue weighted by Crippen LogP contribution is 2.15. The van der Waals surface area contributed by atoms with E-state index in [0.29, 0.717) is 32.7 Å². The fourth-order valence-electron chi connectivity index (χ4n) is 3.83. The summed E-state index contributed by atoms with van der Waals surface area (Å²) in [5.41, 5.74) is 1.18. The van der Waals surface area contributed by atoms with E-state index in [1.165, 1.54) is 5.56 Å². The van der Waals surface area contributed by atoms with Gasteiger partial charge in [0.2, 0.25) is 5.91 Å². The molecule has 1 atom stereocenters. The summed E-state index contributed by atoms with van der Waals surface area (Å²) in [4.78, 5) is 29.9. The molecule has 2 aromatic rings. The molecule has 2 rings (SSSR count). The van der Waals surface area contributed by atoms with Gasteiger partial charge >= 0.3 is 5.97 Å². The Morgan fingerprint density at radius 3 is 2.34 bits per heavy atom. The number of rotatable bonds is 14. The molecule has 1 aromatic carbocycles. The van der Waals surface area contributed by atoms with Crippen LogP contribution in [0.15, 0.2) is 46.9 Å². The Kier molecular flexibility index (Phi) is 11.0. The Labute approximate surface area is 192 Å². The van der Waals surface area contributed by atoms with E-state index < -0.39 is 6.04 Å². The van der Waals surface area contributed by atoms with Crippen LogP contribution in [-0.2, 0) is 27.3 Å². The van der Waals surface area contributed by atoms with Crippen molar-refractivity contribution in [2.24, 2.45) is 0 Å². The monoisotopic (exact) mass is 442 g/mol. The van der Waals surface area contributed by atoms with Crippen molar-refractivity contribution in [2.75, 3.05) is 26.2 Å². The van der Waals surface area contributed by atoms with Gasteiger partial charge in [-0.1, -0.05) is 50.6 Å². The van der Waals surface area contributed by atoms with E-state index in [1.54, 1.807) is 0 Å². The van der Waals surface area contributed by atoms with Crippen LogP contribution in [-0.4, -0.2) is 54.0 Å². The van der Waals surface area contributed by atoms with Crippen molar-refractivity contribution in [2.45, 2.75) is 66.0 Å². The van der Waals surface area contributed by atoms with E-state index in [1.807, 2.05) is 60.9 Å². The zero-order chi connectivity index (χ0) is 23.3. The molecule has 0 N–H and O–H groups in total. The van der Waals surface area contributed by atoms with E-state index >= 15 is 0 Å². The molecule has 1 amide bonds. The third-order valence-corrected chi connectivity index (χ3v) is 5.42. The number of amides is 1. The summed E-state index contributed by atoms with van der Waals surface area (Å²) in [5, 5.41) is 0. The van der Waals surface area contributed by atoms with Crippen molar-refractivity contribution in [3.05, 3.63) is 59.5 Å². The normalized spacial score (nSPS) is 12.0. The van der Waals surface area contributed by atoms with Gasteiger partial charge in [0.1, 0.15) is 17.6 Å². The van der Waals surface area contributed by atoms with Gasteiger partial charge in [-0.25, -0.2) is 0 Å². The number of carbonyl (C=O) groups is 2. The summed E-state index contributed by atoms with van der Waals surface area (Å²) in [6.45, 7) is 10.0. The lowest BCUT2D eigenvalue weighted by Gasteiger charge is -2.31. The first-order valence-electron chi connectivity index (χ1n) is 11.8. The summed E-state index contributed by atoms with van der Waals surface area (Å²) in [6, 6.07) is 13.6. The Balaban J connectivity index is 2.16. The van der Waals surface area contributed by atoms with Crippen LogP contribution in [0.2, 0.25) is 0 Å². The molecule has 0 aliphatic rings. The van der Waals surface area contributed by atoms with Gasteiger partial charge < -0.3 is 14.1 Å². The lowest BCUT2D eigenvalue weighted by atomic mass is 10.1. The molecule has 1 aromatic heterocycles. The largest absolute Gasteiger partial charge is 0.465 e. The smallest absolute Gasteiger partial charge is 0.323 e. The minimum atomic E-state index is -0.398. The number of nitrogens with zero attached hydrogens (tertiary/aromatic N) is 2. The average Bonchev–Trinajstić information content (AvgIpc) is 3.20. The molecule has 1 heterocycles. The molecule has 0 fully saturated rings. The Bertz CT molecular complexity index is 818. The number of esters is 1. The van der Waals surface area contributed by atoms with Gasteiger partial charge in [-0.2, -0.15) is 0 Å². The summed E-state index contributed by atoms with van der Waals surface area (Å²) < 4.78 is 11.1. The maximum absolute atomic E-state index is 13.4. The van der Waals surface area contributed by atoms with Crippen molar-refractivity contribution >= 4 is 11.9 Å². The molecule has 0 saturated carbocycles. The van der Waals surface area contributed by atoms with Gasteiger partial charge in [0.25, 0.3) is 0 Å². The van der Waals surface area contributed by atoms with Crippen LogP contribution in [0, 0.1) is 6.92 Å². The van der Waals surface area contributed by atoms with Gasteiger partial charge in [-0.3, -0.25) is 14.5 Å². The number of furan rings is 1. The molecular weight excluding hydrogens is 404 g/mol. The first-order chi connectivity index (χ1) is 15.5. The number of ether oxygens (including phenoxy) is 1. The highest BCUT2D eigenvalue weighted by atomic mass is 16.5. The first-order valence-corrected chi connectivity index (χ1v) is 11.8. The van der Waals surface area contributed by atoms with E-state index in [0.717, 1.165) is 30.8 Å². The van der Waals surface area contributed by atoms with E-state index in [-0.39, 0.29) is 18.4 Å². The highest BCUT2D eigenvalue weighted by molar-refractivity contribution is 5.80. The van der Waals surface area contributed by atoms with Crippen LogP contribution in [0.3, 0.4) is 0 Å². The van der Waals surface area contributed by atoms with Gasteiger partial charge in [0.15, 0.2) is 0 Å². The van der Waals surface area contributed by atoms with Crippen LogP contribution < -0.4 is 0 Å². The van der Waals surface area contributed by atoms with Crippen molar-refractivity contribution in [3.63, 3.8) is 0 Å². The number of carbonyl (C=O) groups excluding carboxylic acids is 2. The van der Waals surface area contributed by atoms with Crippen LogP contribution in [0.5, 0.6) is 0 Å². The standard InChI is InChI=1S/C26H38N2O4/c1-5-11-24(26(30)31-7-3)27(17-6-2)20-25(29)28(19-23-15-14-21(4)32-23)18-16-22-12-9-8-10-13-22/h8-10,12-15,24H,5-7,11,16-20H2,1-4H3/t24-/m1/s1. The van der Waals surface area contributed by atoms with Gasteiger partial charge in [0, 0.05) is 6.54 Å². The Hall–Kier alpha value is -2.60. The third kappa shape index (κ3) is 8.15. The average molecular weight is 443 g/mol. The topological polar surface area (TPSA) is 63.0 Å². The molecule has 0 aliphatic carbocycles. The summed E-state index contributed by atoms with van der Waals surface area (Å²) in [5.74, 6) is 1.34. The minimum absolute atomic E-state index is 0.00571. The van der Waals surface area contributed by atoms with Gasteiger partial charge in [-0.05, 0) is 57.4 Å². The van der Waals surface area contributed by atoms with Crippen molar-refractivity contribution in [1.29, 1.82) is 0 Å². The predicted octanol–water partition coefficient (Wildman–Crippen LogP) is 4.60. The second kappa shape index (κ2) is 13.7. The zero-order valence-electron chi connectivity index (χ0n) is 20.0. The zero-order valence-corrected chi connectivity index (χ0v) is 20.0. The molecule has 0 unspecified atom stereocenters. The van der Waals surface area contributed by atoms with E-state index in [2.05, 4.69) is 19.1 Å². The molecule has 0 saturated heterocycles. The SMILES string of the molecule is CCC[C@H](C(=O)OCC)N(CCC)CC(=O)N(CCc1ccccc1)Cc1ccc(C)o1. The number of hydrogen-bond acceptors (Lipinski definition) is 5. The van der Waals surface area contributed by atoms with Crippen molar-refractivity contribution in [1.82, 2.24) is 9.80 Å². The molecule has 0 bridgehead atoms. The second-order valence-electron chi connectivity index (χ2n) is 8.09. The Morgan fingerprint density at radius 1 is 1.00 bits per heavy atom. The predicted molar refractivity (Wildman–Crippen MR) is 126 cm³/mol. The number of hydrogen-bond donors (Lipinski definition) is 0. The fourth-order valence-corrected chi connectivity index (χ4v) is 3.83. The van der Waals surface area contributed by atoms with E-state index in [4.69, 9.17) is 9.15 Å². The van der Waals surface area contributed by atoms with Gasteiger partial charge in [-0.15, -0.1) is 0 Å². The summed E-state index contributed by atoms with van der Waals surface area (Å²) in [6.07, 6.45) is 3.14. The molecule has 0 aliphatic heterocycles. The van der Waals surface area contributed by atoms with Crippen molar-refractivity contribution < 1.29 is 18.7 Å².